The van der Waals surface area contributed by atoms with E-state index in [4.69, 9.17) is 16.3 Å². The number of halogens is 1. The molecule has 0 fully saturated rings. The minimum absolute atomic E-state index is 0.0235. The van der Waals surface area contributed by atoms with Crippen LogP contribution in [0, 0.1) is 0 Å². The van der Waals surface area contributed by atoms with Gasteiger partial charge in [-0.15, -0.1) is 0 Å². The maximum Gasteiger partial charge on any atom is 0.263 e. The van der Waals surface area contributed by atoms with Crippen LogP contribution < -0.4 is 20.1 Å². The predicted octanol–water partition coefficient (Wildman–Crippen LogP) is 4.75. The van der Waals surface area contributed by atoms with Gasteiger partial charge in [0, 0.05) is 29.5 Å². The second-order valence-electron chi connectivity index (χ2n) is 6.92. The molecule has 3 N–H and O–H groups in total. The molecular formula is C23H22ClN3O5S. The molecule has 172 valence electrons. The van der Waals surface area contributed by atoms with Gasteiger partial charge in [-0.25, -0.2) is 8.42 Å². The highest BCUT2D eigenvalue weighted by atomic mass is 35.5. The number of sulfonamides is 1. The topological polar surface area (TPSA) is 114 Å². The second kappa shape index (κ2) is 10.4. The number of hydrogen-bond donors (Lipinski definition) is 3. The number of carbonyl (C=O) groups is 2. The van der Waals surface area contributed by atoms with E-state index in [1.165, 1.54) is 25.1 Å². The smallest absolute Gasteiger partial charge is 0.263 e. The van der Waals surface area contributed by atoms with E-state index in [9.17, 15) is 18.0 Å². The number of ether oxygens (including phenoxy) is 1. The van der Waals surface area contributed by atoms with Crippen molar-refractivity contribution in [2.24, 2.45) is 0 Å². The zero-order valence-electron chi connectivity index (χ0n) is 17.9. The van der Waals surface area contributed by atoms with Gasteiger partial charge in [0.05, 0.1) is 11.6 Å². The lowest BCUT2D eigenvalue weighted by atomic mass is 10.2. The van der Waals surface area contributed by atoms with Gasteiger partial charge in [-0.3, -0.25) is 14.3 Å². The lowest BCUT2D eigenvalue weighted by molar-refractivity contribution is -0.114. The van der Waals surface area contributed by atoms with Crippen molar-refractivity contribution in [2.45, 2.75) is 18.7 Å². The Morgan fingerprint density at radius 2 is 1.45 bits per heavy atom. The van der Waals surface area contributed by atoms with E-state index in [1.807, 2.05) is 6.92 Å². The van der Waals surface area contributed by atoms with Crippen molar-refractivity contribution in [3.63, 3.8) is 0 Å². The SMILES string of the molecule is CCOc1ccc(NS(=O)(=O)c2cc(C(=O)Nc3ccc(NC(C)=O)cc3)ccc2Cl)cc1. The highest BCUT2D eigenvalue weighted by Crippen LogP contribution is 2.26. The van der Waals surface area contributed by atoms with E-state index in [1.54, 1.807) is 48.5 Å². The molecule has 10 heteroatoms. The number of rotatable bonds is 8. The standard InChI is InChI=1S/C23H22ClN3O5S/c1-3-32-20-11-9-19(10-12-20)27-33(30,31)22-14-16(4-13-21(22)24)23(29)26-18-7-5-17(6-8-18)25-15(2)28/h4-14,27H,3H2,1-2H3,(H,25,28)(H,26,29). The van der Waals surface area contributed by atoms with Crippen LogP contribution in [0.25, 0.3) is 0 Å². The van der Waals surface area contributed by atoms with Gasteiger partial charge in [0.2, 0.25) is 5.91 Å². The first kappa shape index (κ1) is 24.1. The number of benzene rings is 3. The van der Waals surface area contributed by atoms with E-state index >= 15 is 0 Å². The highest BCUT2D eigenvalue weighted by molar-refractivity contribution is 7.92. The molecule has 0 heterocycles. The van der Waals surface area contributed by atoms with Crippen LogP contribution in [0.3, 0.4) is 0 Å². The Hall–Kier alpha value is -3.56. The van der Waals surface area contributed by atoms with Gasteiger partial charge in [-0.1, -0.05) is 11.6 Å². The molecule has 3 rings (SSSR count). The van der Waals surface area contributed by atoms with Crippen LogP contribution in [0.4, 0.5) is 17.1 Å². The summed E-state index contributed by atoms with van der Waals surface area (Å²) >= 11 is 6.13. The van der Waals surface area contributed by atoms with Crippen LogP contribution in [0.1, 0.15) is 24.2 Å². The second-order valence-corrected chi connectivity index (χ2v) is 8.98. The number of nitrogens with one attached hydrogen (secondary N) is 3. The molecule has 0 saturated carbocycles. The van der Waals surface area contributed by atoms with Crippen LogP contribution in [-0.4, -0.2) is 26.8 Å². The van der Waals surface area contributed by atoms with Crippen molar-refractivity contribution in [2.75, 3.05) is 22.0 Å². The third kappa shape index (κ3) is 6.47. The fourth-order valence-corrected chi connectivity index (χ4v) is 4.48. The van der Waals surface area contributed by atoms with E-state index in [0.29, 0.717) is 29.4 Å². The van der Waals surface area contributed by atoms with Crippen LogP contribution in [0.2, 0.25) is 5.02 Å². The molecule has 0 radical (unpaired) electrons. The summed E-state index contributed by atoms with van der Waals surface area (Å²) < 4.78 is 33.6. The van der Waals surface area contributed by atoms with Gasteiger partial charge in [0.15, 0.2) is 0 Å². The van der Waals surface area contributed by atoms with Crippen molar-refractivity contribution in [3.05, 3.63) is 77.3 Å². The number of anilines is 3. The van der Waals surface area contributed by atoms with Gasteiger partial charge in [-0.05, 0) is 73.7 Å². The summed E-state index contributed by atoms with van der Waals surface area (Å²) in [7, 11) is -4.06. The molecular weight excluding hydrogens is 466 g/mol. The maximum atomic E-state index is 12.9. The molecule has 0 unspecified atom stereocenters. The van der Waals surface area contributed by atoms with E-state index in [0.717, 1.165) is 0 Å². The van der Waals surface area contributed by atoms with Crippen molar-refractivity contribution >= 4 is 50.5 Å². The van der Waals surface area contributed by atoms with E-state index in [-0.39, 0.29) is 21.4 Å². The fraction of sp³-hybridized carbons (Fsp3) is 0.130. The molecule has 0 aliphatic rings. The molecule has 0 bridgehead atoms. The maximum absolute atomic E-state index is 12.9. The molecule has 0 aliphatic carbocycles. The monoisotopic (exact) mass is 487 g/mol. The minimum atomic E-state index is -4.06. The molecule has 3 aromatic rings. The number of carbonyl (C=O) groups excluding carboxylic acids is 2. The minimum Gasteiger partial charge on any atom is -0.494 e. The Kier molecular flexibility index (Phi) is 7.57. The summed E-state index contributed by atoms with van der Waals surface area (Å²) in [4.78, 5) is 23.5. The summed E-state index contributed by atoms with van der Waals surface area (Å²) in [6.45, 7) is 3.74. The molecule has 0 aromatic heterocycles. The first-order chi connectivity index (χ1) is 15.7. The van der Waals surface area contributed by atoms with Crippen LogP contribution in [-0.2, 0) is 14.8 Å². The van der Waals surface area contributed by atoms with Gasteiger partial charge in [-0.2, -0.15) is 0 Å². The average Bonchev–Trinajstić information content (AvgIpc) is 2.76. The summed E-state index contributed by atoms with van der Waals surface area (Å²) in [5, 5.41) is 5.29. The van der Waals surface area contributed by atoms with Crippen molar-refractivity contribution in [3.8, 4) is 5.75 Å². The van der Waals surface area contributed by atoms with E-state index < -0.39 is 15.9 Å². The molecule has 0 spiro atoms. The van der Waals surface area contributed by atoms with Crippen LogP contribution in [0.15, 0.2) is 71.6 Å². The van der Waals surface area contributed by atoms with Crippen LogP contribution in [0.5, 0.6) is 5.75 Å². The first-order valence-electron chi connectivity index (χ1n) is 9.92. The fourth-order valence-electron chi connectivity index (χ4n) is 2.89. The Morgan fingerprint density at radius 3 is 2.03 bits per heavy atom. The lowest BCUT2D eigenvalue weighted by Gasteiger charge is -2.12. The van der Waals surface area contributed by atoms with Crippen molar-refractivity contribution in [1.29, 1.82) is 0 Å². The molecule has 0 aliphatic heterocycles. The van der Waals surface area contributed by atoms with Gasteiger partial charge < -0.3 is 15.4 Å². The molecule has 8 nitrogen and oxygen atoms in total. The summed E-state index contributed by atoms with van der Waals surface area (Å²) in [5.74, 6) is -0.112. The number of hydrogen-bond acceptors (Lipinski definition) is 5. The highest BCUT2D eigenvalue weighted by Gasteiger charge is 2.21. The zero-order valence-corrected chi connectivity index (χ0v) is 19.5. The normalized spacial score (nSPS) is 10.9. The Labute approximate surface area is 197 Å². The first-order valence-corrected chi connectivity index (χ1v) is 11.8. The third-order valence-electron chi connectivity index (χ3n) is 4.36. The van der Waals surface area contributed by atoms with Gasteiger partial charge in [0.25, 0.3) is 15.9 Å². The zero-order chi connectivity index (χ0) is 24.0. The molecule has 2 amide bonds. The van der Waals surface area contributed by atoms with E-state index in [2.05, 4.69) is 15.4 Å². The van der Waals surface area contributed by atoms with Crippen LogP contribution >= 0.6 is 11.6 Å². The summed E-state index contributed by atoms with van der Waals surface area (Å²) in [6, 6.07) is 16.9. The summed E-state index contributed by atoms with van der Waals surface area (Å²) in [5.41, 5.74) is 1.49. The van der Waals surface area contributed by atoms with Gasteiger partial charge >= 0.3 is 0 Å². The predicted molar refractivity (Wildman–Crippen MR) is 129 cm³/mol. The van der Waals surface area contributed by atoms with Crippen molar-refractivity contribution in [1.82, 2.24) is 0 Å². The third-order valence-corrected chi connectivity index (χ3v) is 6.23. The Bertz CT molecular complexity index is 1260. The molecule has 0 atom stereocenters. The average molecular weight is 488 g/mol. The molecule has 3 aromatic carbocycles. The quantitative estimate of drug-likeness (QED) is 0.424. The number of amides is 2. The Balaban J connectivity index is 1.77. The Morgan fingerprint density at radius 1 is 0.879 bits per heavy atom. The lowest BCUT2D eigenvalue weighted by Crippen LogP contribution is -2.16. The van der Waals surface area contributed by atoms with Gasteiger partial charge in [0.1, 0.15) is 10.6 Å². The molecule has 0 saturated heterocycles. The largest absolute Gasteiger partial charge is 0.494 e. The van der Waals surface area contributed by atoms with Crippen molar-refractivity contribution < 1.29 is 22.7 Å². The molecule has 33 heavy (non-hydrogen) atoms. The summed E-state index contributed by atoms with van der Waals surface area (Å²) in [6.07, 6.45) is 0.